The van der Waals surface area contributed by atoms with Crippen LogP contribution in [-0.4, -0.2) is 16.9 Å². The Bertz CT molecular complexity index is 1040. The smallest absolute Gasteiger partial charge is 0.336 e. The first-order valence-electron chi connectivity index (χ1n) is 7.94. The number of nitrogens with one attached hydrogen (secondary N) is 1. The molecular formula is C22H16N2O2. The minimum absolute atomic E-state index is 0.0140. The average molecular weight is 340 g/mol. The molecule has 0 bridgehead atoms. The molecule has 26 heavy (non-hydrogen) atoms. The molecule has 3 aromatic carbocycles. The molecular weight excluding hydrogens is 324 g/mol. The Morgan fingerprint density at radius 3 is 2.12 bits per heavy atom. The van der Waals surface area contributed by atoms with Crippen LogP contribution in [0.25, 0.3) is 11.1 Å². The van der Waals surface area contributed by atoms with Gasteiger partial charge in [-0.2, -0.15) is 0 Å². The van der Waals surface area contributed by atoms with Gasteiger partial charge in [-0.05, 0) is 35.4 Å². The van der Waals surface area contributed by atoms with Gasteiger partial charge in [-0.1, -0.05) is 60.4 Å². The van der Waals surface area contributed by atoms with Gasteiger partial charge in [0.25, 0.3) is 0 Å². The molecule has 0 radical (unpaired) electrons. The zero-order chi connectivity index (χ0) is 18.5. The number of amidine groups is 1. The average Bonchev–Trinajstić information content (AvgIpc) is 2.67. The topological polar surface area (TPSA) is 87.2 Å². The number of carboxylic acids is 1. The first-order valence-corrected chi connectivity index (χ1v) is 7.94. The number of rotatable bonds is 3. The van der Waals surface area contributed by atoms with Crippen molar-refractivity contribution in [2.45, 2.75) is 0 Å². The highest BCUT2D eigenvalue weighted by molar-refractivity contribution is 5.97. The number of carbonyl (C=O) groups is 1. The van der Waals surface area contributed by atoms with Crippen LogP contribution in [0.5, 0.6) is 0 Å². The molecule has 0 aliphatic heterocycles. The lowest BCUT2D eigenvalue weighted by Crippen LogP contribution is -2.10. The van der Waals surface area contributed by atoms with E-state index in [4.69, 9.17) is 11.1 Å². The summed E-state index contributed by atoms with van der Waals surface area (Å²) in [5.41, 5.74) is 9.29. The summed E-state index contributed by atoms with van der Waals surface area (Å²) in [6.07, 6.45) is 0. The lowest BCUT2D eigenvalue weighted by Gasteiger charge is -2.08. The number of carboxylic acid groups (broad SMARTS) is 1. The highest BCUT2D eigenvalue weighted by Gasteiger charge is 2.12. The summed E-state index contributed by atoms with van der Waals surface area (Å²) in [6.45, 7) is 0. The Morgan fingerprint density at radius 2 is 1.46 bits per heavy atom. The van der Waals surface area contributed by atoms with Crippen LogP contribution in [0.3, 0.4) is 0 Å². The van der Waals surface area contributed by atoms with Gasteiger partial charge in [0, 0.05) is 16.7 Å². The van der Waals surface area contributed by atoms with Gasteiger partial charge in [-0.15, -0.1) is 0 Å². The standard InChI is InChI=1S/C22H16N2O2/c23-21(24)17-13-10-15(11-14-17)9-12-16-5-1-2-6-18(16)19-7-3-4-8-20(19)22(25)26/h1-8,10-11,13-14H,(H3,23,24)(H,25,26). The summed E-state index contributed by atoms with van der Waals surface area (Å²) < 4.78 is 0. The van der Waals surface area contributed by atoms with Crippen LogP contribution < -0.4 is 5.73 Å². The first kappa shape index (κ1) is 17.0. The Labute approximate surface area is 151 Å². The fourth-order valence-corrected chi connectivity index (χ4v) is 2.60. The number of aromatic carboxylic acids is 1. The van der Waals surface area contributed by atoms with E-state index in [0.717, 1.165) is 16.7 Å². The maximum absolute atomic E-state index is 11.5. The van der Waals surface area contributed by atoms with Crippen molar-refractivity contribution >= 4 is 11.8 Å². The van der Waals surface area contributed by atoms with Gasteiger partial charge < -0.3 is 10.8 Å². The van der Waals surface area contributed by atoms with E-state index in [9.17, 15) is 9.90 Å². The SMILES string of the molecule is N=C(N)c1ccc(C#Cc2ccccc2-c2ccccc2C(=O)O)cc1. The third kappa shape index (κ3) is 3.63. The molecule has 0 heterocycles. The van der Waals surface area contributed by atoms with Crippen molar-refractivity contribution in [2.75, 3.05) is 0 Å². The van der Waals surface area contributed by atoms with E-state index in [-0.39, 0.29) is 11.4 Å². The van der Waals surface area contributed by atoms with Crippen molar-refractivity contribution < 1.29 is 9.90 Å². The van der Waals surface area contributed by atoms with Crippen LogP contribution in [0.4, 0.5) is 0 Å². The maximum Gasteiger partial charge on any atom is 0.336 e. The molecule has 4 N–H and O–H groups in total. The second-order valence-corrected chi connectivity index (χ2v) is 5.64. The molecule has 126 valence electrons. The van der Waals surface area contributed by atoms with Crippen LogP contribution in [0.2, 0.25) is 0 Å². The summed E-state index contributed by atoms with van der Waals surface area (Å²) in [4.78, 5) is 11.5. The normalized spacial score (nSPS) is 9.85. The molecule has 4 nitrogen and oxygen atoms in total. The number of hydrogen-bond acceptors (Lipinski definition) is 2. The molecule has 0 amide bonds. The molecule has 3 rings (SSSR count). The minimum Gasteiger partial charge on any atom is -0.478 e. The monoisotopic (exact) mass is 340 g/mol. The van der Waals surface area contributed by atoms with Crippen LogP contribution in [-0.2, 0) is 0 Å². The van der Waals surface area contributed by atoms with Crippen molar-refractivity contribution in [2.24, 2.45) is 5.73 Å². The maximum atomic E-state index is 11.5. The highest BCUT2D eigenvalue weighted by Crippen LogP contribution is 2.26. The fraction of sp³-hybridized carbons (Fsp3) is 0. The van der Waals surface area contributed by atoms with Crippen LogP contribution in [0.15, 0.2) is 72.8 Å². The van der Waals surface area contributed by atoms with Crippen LogP contribution in [0.1, 0.15) is 27.0 Å². The molecule has 0 saturated heterocycles. The van der Waals surface area contributed by atoms with Gasteiger partial charge in [0.2, 0.25) is 0 Å². The van der Waals surface area contributed by atoms with Crippen molar-refractivity contribution in [1.82, 2.24) is 0 Å². The summed E-state index contributed by atoms with van der Waals surface area (Å²) in [5.74, 6) is 5.24. The molecule has 3 aromatic rings. The third-order valence-corrected chi connectivity index (χ3v) is 3.91. The summed E-state index contributed by atoms with van der Waals surface area (Å²) in [7, 11) is 0. The second kappa shape index (κ2) is 7.37. The first-order chi connectivity index (χ1) is 12.6. The van der Waals surface area contributed by atoms with Crippen molar-refractivity contribution in [3.63, 3.8) is 0 Å². The van der Waals surface area contributed by atoms with E-state index in [2.05, 4.69) is 11.8 Å². The highest BCUT2D eigenvalue weighted by atomic mass is 16.4. The molecule has 4 heteroatoms. The number of benzene rings is 3. The lowest BCUT2D eigenvalue weighted by molar-refractivity contribution is 0.0697. The predicted molar refractivity (Wildman–Crippen MR) is 102 cm³/mol. The molecule has 0 unspecified atom stereocenters. The largest absolute Gasteiger partial charge is 0.478 e. The number of hydrogen-bond donors (Lipinski definition) is 3. The minimum atomic E-state index is -0.969. The summed E-state index contributed by atoms with van der Waals surface area (Å²) >= 11 is 0. The van der Waals surface area contributed by atoms with Gasteiger partial charge in [0.05, 0.1) is 5.56 Å². The second-order valence-electron chi connectivity index (χ2n) is 5.64. The van der Waals surface area contributed by atoms with Crippen molar-refractivity contribution in [3.8, 4) is 23.0 Å². The number of nitrogens with two attached hydrogens (primary N) is 1. The Morgan fingerprint density at radius 1 is 0.846 bits per heavy atom. The van der Waals surface area contributed by atoms with Gasteiger partial charge in [0.15, 0.2) is 0 Å². The zero-order valence-corrected chi connectivity index (χ0v) is 13.9. The van der Waals surface area contributed by atoms with Gasteiger partial charge in [0.1, 0.15) is 5.84 Å². The van der Waals surface area contributed by atoms with E-state index < -0.39 is 5.97 Å². The van der Waals surface area contributed by atoms with Crippen molar-refractivity contribution in [3.05, 3.63) is 95.1 Å². The fourth-order valence-electron chi connectivity index (χ4n) is 2.60. The van der Waals surface area contributed by atoms with E-state index in [1.807, 2.05) is 30.3 Å². The van der Waals surface area contributed by atoms with Crippen LogP contribution >= 0.6 is 0 Å². The van der Waals surface area contributed by atoms with Gasteiger partial charge >= 0.3 is 5.97 Å². The zero-order valence-electron chi connectivity index (χ0n) is 13.9. The van der Waals surface area contributed by atoms with E-state index >= 15 is 0 Å². The van der Waals surface area contributed by atoms with E-state index in [0.29, 0.717) is 11.1 Å². The predicted octanol–water partition coefficient (Wildman–Crippen LogP) is 3.74. The Balaban J connectivity index is 2.02. The van der Waals surface area contributed by atoms with Crippen molar-refractivity contribution in [1.29, 1.82) is 5.41 Å². The third-order valence-electron chi connectivity index (χ3n) is 3.91. The van der Waals surface area contributed by atoms with Crippen LogP contribution in [0, 0.1) is 17.3 Å². The number of nitrogen functional groups attached to an aromatic ring is 1. The lowest BCUT2D eigenvalue weighted by atomic mass is 9.95. The molecule has 0 saturated carbocycles. The Kier molecular flexibility index (Phi) is 4.82. The van der Waals surface area contributed by atoms with Gasteiger partial charge in [-0.25, -0.2) is 4.79 Å². The molecule has 0 fully saturated rings. The molecule has 0 atom stereocenters. The van der Waals surface area contributed by atoms with E-state index in [1.165, 1.54) is 0 Å². The molecule has 0 spiro atoms. The molecule has 0 aromatic heterocycles. The van der Waals surface area contributed by atoms with E-state index in [1.54, 1.807) is 42.5 Å². The Hall–Kier alpha value is -3.84. The van der Waals surface area contributed by atoms with Gasteiger partial charge in [-0.3, -0.25) is 5.41 Å². The quantitative estimate of drug-likeness (QED) is 0.386. The molecule has 0 aliphatic rings. The summed E-state index contributed by atoms with van der Waals surface area (Å²) in [5, 5.41) is 16.8. The molecule has 0 aliphatic carbocycles. The summed E-state index contributed by atoms with van der Waals surface area (Å²) in [6, 6.07) is 21.5.